The van der Waals surface area contributed by atoms with Crippen molar-refractivity contribution in [3.8, 4) is 0 Å². The van der Waals surface area contributed by atoms with Gasteiger partial charge in [0.05, 0.1) is 18.2 Å². The third-order valence-electron chi connectivity index (χ3n) is 4.65. The monoisotopic (exact) mass is 372 g/mol. The molecule has 0 aromatic carbocycles. The van der Waals surface area contributed by atoms with Gasteiger partial charge in [0, 0.05) is 42.0 Å². The highest BCUT2D eigenvalue weighted by Crippen LogP contribution is 2.32. The van der Waals surface area contributed by atoms with Gasteiger partial charge < -0.3 is 10.6 Å². The van der Waals surface area contributed by atoms with Gasteiger partial charge in [0.2, 0.25) is 5.91 Å². The molecule has 1 amide bonds. The van der Waals surface area contributed by atoms with Crippen LogP contribution in [0.5, 0.6) is 0 Å². The summed E-state index contributed by atoms with van der Waals surface area (Å²) in [5.74, 6) is 0.193. The van der Waals surface area contributed by atoms with Crippen molar-refractivity contribution >= 4 is 28.6 Å². The van der Waals surface area contributed by atoms with Crippen molar-refractivity contribution in [2.75, 3.05) is 13.1 Å². The molecule has 4 heterocycles. The highest BCUT2D eigenvalue weighted by molar-refractivity contribution is 7.11. The predicted octanol–water partition coefficient (Wildman–Crippen LogP) is 2.75. The number of nitrogens with one attached hydrogen (secondary N) is 2. The van der Waals surface area contributed by atoms with Crippen LogP contribution >= 0.6 is 22.7 Å². The SMILES string of the molecule is Cn1cc([C@H]2CNC[C@@H]2C(=O)NC(c2cccs2)c2cccs2)cn1. The van der Waals surface area contributed by atoms with E-state index >= 15 is 0 Å². The average Bonchev–Trinajstić information content (AvgIpc) is 3.39. The molecular formula is C18H20N4OS2. The standard InChI is InChI=1S/C18H20N4OS2/c1-22-11-12(8-20-22)13-9-19-10-14(13)18(23)21-17(15-4-2-6-24-15)16-5-3-7-25-16/h2-8,11,13-14,17,19H,9-10H2,1H3,(H,21,23)/t13-,14+/m1/s1. The van der Waals surface area contributed by atoms with E-state index in [1.807, 2.05) is 31.6 Å². The van der Waals surface area contributed by atoms with E-state index in [-0.39, 0.29) is 23.8 Å². The molecule has 2 N–H and O–H groups in total. The van der Waals surface area contributed by atoms with Crippen LogP contribution in [0, 0.1) is 5.92 Å². The summed E-state index contributed by atoms with van der Waals surface area (Å²) in [6.45, 7) is 1.51. The Morgan fingerprint density at radius 3 is 2.56 bits per heavy atom. The van der Waals surface area contributed by atoms with Crippen LogP contribution < -0.4 is 10.6 Å². The summed E-state index contributed by atoms with van der Waals surface area (Å²) in [7, 11) is 1.91. The van der Waals surface area contributed by atoms with Gasteiger partial charge in [-0.25, -0.2) is 0 Å². The van der Waals surface area contributed by atoms with Gasteiger partial charge in [0.25, 0.3) is 0 Å². The van der Waals surface area contributed by atoms with Crippen LogP contribution in [0.2, 0.25) is 0 Å². The third kappa shape index (κ3) is 3.40. The molecule has 1 aliphatic rings. The molecule has 130 valence electrons. The Morgan fingerprint density at radius 1 is 1.28 bits per heavy atom. The number of carbonyl (C=O) groups is 1. The summed E-state index contributed by atoms with van der Waals surface area (Å²) in [4.78, 5) is 15.4. The fourth-order valence-corrected chi connectivity index (χ4v) is 5.04. The van der Waals surface area contributed by atoms with Gasteiger partial charge in [0.15, 0.2) is 0 Å². The maximum absolute atomic E-state index is 13.1. The number of nitrogens with zero attached hydrogens (tertiary/aromatic N) is 2. The number of amides is 1. The average molecular weight is 373 g/mol. The summed E-state index contributed by atoms with van der Waals surface area (Å²) in [5, 5.41) is 15.0. The number of rotatable bonds is 5. The zero-order valence-electron chi connectivity index (χ0n) is 13.9. The number of aryl methyl sites for hydroxylation is 1. The summed E-state index contributed by atoms with van der Waals surface area (Å²) in [6, 6.07) is 8.16. The molecule has 25 heavy (non-hydrogen) atoms. The second-order valence-electron chi connectivity index (χ2n) is 6.29. The van der Waals surface area contributed by atoms with E-state index in [2.05, 4.69) is 38.6 Å². The van der Waals surface area contributed by atoms with Crippen molar-refractivity contribution in [3.05, 3.63) is 62.7 Å². The predicted molar refractivity (Wildman–Crippen MR) is 101 cm³/mol. The zero-order valence-corrected chi connectivity index (χ0v) is 15.5. The molecule has 1 aliphatic heterocycles. The number of carbonyl (C=O) groups excluding carboxylic acids is 1. The van der Waals surface area contributed by atoms with Crippen LogP contribution in [-0.4, -0.2) is 28.8 Å². The lowest BCUT2D eigenvalue weighted by Gasteiger charge is -2.22. The van der Waals surface area contributed by atoms with Crippen LogP contribution in [0.25, 0.3) is 0 Å². The van der Waals surface area contributed by atoms with E-state index in [1.54, 1.807) is 27.4 Å². The first-order valence-electron chi connectivity index (χ1n) is 8.29. The second kappa shape index (κ2) is 7.11. The van der Waals surface area contributed by atoms with Crippen molar-refractivity contribution in [1.82, 2.24) is 20.4 Å². The number of aromatic nitrogens is 2. The van der Waals surface area contributed by atoms with Crippen LogP contribution in [0.3, 0.4) is 0 Å². The lowest BCUT2D eigenvalue weighted by atomic mass is 9.90. The normalized spacial score (nSPS) is 20.2. The molecule has 0 radical (unpaired) electrons. The van der Waals surface area contributed by atoms with E-state index in [4.69, 9.17) is 0 Å². The van der Waals surface area contributed by atoms with Crippen LogP contribution in [0.15, 0.2) is 47.4 Å². The first-order valence-corrected chi connectivity index (χ1v) is 10.0. The minimum absolute atomic E-state index is 0.0670. The summed E-state index contributed by atoms with van der Waals surface area (Å²) in [6.07, 6.45) is 3.88. The zero-order chi connectivity index (χ0) is 17.2. The largest absolute Gasteiger partial charge is 0.343 e. The van der Waals surface area contributed by atoms with Crippen LogP contribution in [-0.2, 0) is 11.8 Å². The fraction of sp³-hybridized carbons (Fsp3) is 0.333. The molecule has 1 fully saturated rings. The van der Waals surface area contributed by atoms with Gasteiger partial charge in [-0.2, -0.15) is 5.10 Å². The molecule has 0 saturated carbocycles. The third-order valence-corrected chi connectivity index (χ3v) is 6.52. The molecule has 7 heteroatoms. The topological polar surface area (TPSA) is 59.0 Å². The molecule has 0 unspecified atom stereocenters. The van der Waals surface area contributed by atoms with Crippen molar-refractivity contribution in [1.29, 1.82) is 0 Å². The maximum Gasteiger partial charge on any atom is 0.225 e. The van der Waals surface area contributed by atoms with Crippen LogP contribution in [0.1, 0.15) is 27.3 Å². The molecule has 3 aromatic rings. The molecule has 4 rings (SSSR count). The molecular weight excluding hydrogens is 352 g/mol. The van der Waals surface area contributed by atoms with Crippen molar-refractivity contribution in [3.63, 3.8) is 0 Å². The summed E-state index contributed by atoms with van der Waals surface area (Å²) >= 11 is 3.35. The van der Waals surface area contributed by atoms with Gasteiger partial charge in [-0.05, 0) is 28.5 Å². The highest BCUT2D eigenvalue weighted by Gasteiger charge is 2.36. The van der Waals surface area contributed by atoms with E-state index in [0.717, 1.165) is 12.1 Å². The summed E-state index contributed by atoms with van der Waals surface area (Å²) < 4.78 is 1.79. The molecule has 5 nitrogen and oxygen atoms in total. The Morgan fingerprint density at radius 2 is 2.00 bits per heavy atom. The molecule has 2 atom stereocenters. The summed E-state index contributed by atoms with van der Waals surface area (Å²) in [5.41, 5.74) is 1.12. The lowest BCUT2D eigenvalue weighted by Crippen LogP contribution is -2.36. The molecule has 0 bridgehead atoms. The number of thiophene rings is 2. The van der Waals surface area contributed by atoms with Crippen molar-refractivity contribution in [2.24, 2.45) is 13.0 Å². The van der Waals surface area contributed by atoms with Crippen LogP contribution in [0.4, 0.5) is 0 Å². The Bertz CT molecular complexity index is 791. The van der Waals surface area contributed by atoms with E-state index < -0.39 is 0 Å². The minimum atomic E-state index is -0.0772. The number of hydrogen-bond donors (Lipinski definition) is 2. The fourth-order valence-electron chi connectivity index (χ4n) is 3.38. The second-order valence-corrected chi connectivity index (χ2v) is 8.25. The molecule has 1 saturated heterocycles. The lowest BCUT2D eigenvalue weighted by molar-refractivity contribution is -0.125. The first-order chi connectivity index (χ1) is 12.2. The van der Waals surface area contributed by atoms with E-state index in [1.165, 1.54) is 9.75 Å². The smallest absolute Gasteiger partial charge is 0.225 e. The molecule has 0 aliphatic carbocycles. The van der Waals surface area contributed by atoms with Crippen molar-refractivity contribution < 1.29 is 4.79 Å². The Balaban J connectivity index is 1.55. The van der Waals surface area contributed by atoms with E-state index in [9.17, 15) is 4.79 Å². The van der Waals surface area contributed by atoms with Gasteiger partial charge in [0.1, 0.15) is 0 Å². The highest BCUT2D eigenvalue weighted by atomic mass is 32.1. The molecule has 0 spiro atoms. The minimum Gasteiger partial charge on any atom is -0.343 e. The van der Waals surface area contributed by atoms with Gasteiger partial charge in [-0.3, -0.25) is 9.48 Å². The maximum atomic E-state index is 13.1. The first kappa shape index (κ1) is 16.5. The molecule has 3 aromatic heterocycles. The Hall–Kier alpha value is -1.96. The van der Waals surface area contributed by atoms with Gasteiger partial charge in [-0.1, -0.05) is 12.1 Å². The Kier molecular flexibility index (Phi) is 4.70. The van der Waals surface area contributed by atoms with Crippen molar-refractivity contribution in [2.45, 2.75) is 12.0 Å². The van der Waals surface area contributed by atoms with E-state index in [0.29, 0.717) is 6.54 Å². The van der Waals surface area contributed by atoms with Gasteiger partial charge >= 0.3 is 0 Å². The quantitative estimate of drug-likeness (QED) is 0.724. The van der Waals surface area contributed by atoms with Gasteiger partial charge in [-0.15, -0.1) is 22.7 Å². The number of hydrogen-bond acceptors (Lipinski definition) is 5. The Labute approximate surface area is 154 Å².